The Balaban J connectivity index is 1.24. The molecular weight excluding hydrogens is 458 g/mol. The number of rotatable bonds is 5. The number of nitrogens with zero attached hydrogens (tertiary/aromatic N) is 3. The molecule has 2 aromatic carbocycles. The van der Waals surface area contributed by atoms with Gasteiger partial charge in [0.2, 0.25) is 18.4 Å². The van der Waals surface area contributed by atoms with Gasteiger partial charge in [-0.2, -0.15) is 0 Å². The van der Waals surface area contributed by atoms with Crippen molar-refractivity contribution in [2.24, 2.45) is 0 Å². The summed E-state index contributed by atoms with van der Waals surface area (Å²) >= 11 is 0.807. The Labute approximate surface area is 200 Å². The van der Waals surface area contributed by atoms with Gasteiger partial charge in [-0.05, 0) is 42.1 Å². The van der Waals surface area contributed by atoms with Gasteiger partial charge < -0.3 is 24.0 Å². The average Bonchev–Trinajstić information content (AvgIpc) is 3.45. The zero-order valence-electron chi connectivity index (χ0n) is 18.6. The molecule has 9 nitrogen and oxygen atoms in total. The summed E-state index contributed by atoms with van der Waals surface area (Å²) in [5.41, 5.74) is 1.70. The molecule has 176 valence electrons. The highest BCUT2D eigenvalue weighted by Gasteiger charge is 2.38. The second-order valence-electron chi connectivity index (χ2n) is 7.89. The molecule has 3 aliphatic rings. The number of methoxy groups -OCH3 is 1. The largest absolute Gasteiger partial charge is 0.492 e. The number of para-hydroxylation sites is 1. The predicted molar refractivity (Wildman–Crippen MR) is 127 cm³/mol. The number of imide groups is 1. The lowest BCUT2D eigenvalue weighted by Crippen LogP contribution is -2.51. The molecule has 3 aliphatic heterocycles. The van der Waals surface area contributed by atoms with E-state index in [1.54, 1.807) is 23.1 Å². The first-order valence-electron chi connectivity index (χ1n) is 10.8. The van der Waals surface area contributed by atoms with Crippen LogP contribution in [0.25, 0.3) is 6.08 Å². The molecule has 3 heterocycles. The van der Waals surface area contributed by atoms with Gasteiger partial charge in [0.25, 0.3) is 11.1 Å². The highest BCUT2D eigenvalue weighted by Crippen LogP contribution is 2.44. The maximum absolute atomic E-state index is 12.9. The van der Waals surface area contributed by atoms with Crippen LogP contribution in [0, 0.1) is 0 Å². The summed E-state index contributed by atoms with van der Waals surface area (Å²) in [6.07, 6.45) is 1.58. The lowest BCUT2D eigenvalue weighted by Gasteiger charge is -2.36. The van der Waals surface area contributed by atoms with Crippen LogP contribution in [0.5, 0.6) is 17.2 Å². The van der Waals surface area contributed by atoms with Crippen LogP contribution in [0.3, 0.4) is 0 Å². The maximum atomic E-state index is 12.9. The van der Waals surface area contributed by atoms with Gasteiger partial charge >= 0.3 is 0 Å². The summed E-state index contributed by atoms with van der Waals surface area (Å²) < 4.78 is 16.2. The summed E-state index contributed by atoms with van der Waals surface area (Å²) in [6.45, 7) is 2.28. The minimum Gasteiger partial charge on any atom is -0.492 e. The van der Waals surface area contributed by atoms with Gasteiger partial charge in [0.1, 0.15) is 6.54 Å². The Morgan fingerprint density at radius 3 is 2.56 bits per heavy atom. The topological polar surface area (TPSA) is 88.6 Å². The normalized spacial score (nSPS) is 18.7. The Kier molecular flexibility index (Phi) is 6.06. The number of benzene rings is 2. The second-order valence-corrected chi connectivity index (χ2v) is 8.89. The molecule has 10 heteroatoms. The number of carbonyl (C=O) groups is 3. The van der Waals surface area contributed by atoms with Gasteiger partial charge in [-0.3, -0.25) is 19.3 Å². The first-order valence-corrected chi connectivity index (χ1v) is 11.7. The number of anilines is 1. The average molecular weight is 482 g/mol. The molecule has 0 atom stereocenters. The monoisotopic (exact) mass is 481 g/mol. The molecule has 0 radical (unpaired) electrons. The van der Waals surface area contributed by atoms with E-state index >= 15 is 0 Å². The predicted octanol–water partition coefficient (Wildman–Crippen LogP) is 2.81. The lowest BCUT2D eigenvalue weighted by atomic mass is 10.1. The van der Waals surface area contributed by atoms with Gasteiger partial charge in [0.05, 0.1) is 12.0 Å². The molecule has 0 spiro atoms. The van der Waals surface area contributed by atoms with Crippen molar-refractivity contribution in [3.8, 4) is 17.2 Å². The number of carbonyl (C=O) groups excluding carboxylic acids is 3. The van der Waals surface area contributed by atoms with Gasteiger partial charge in [-0.1, -0.05) is 18.2 Å². The molecule has 0 unspecified atom stereocenters. The fraction of sp³-hybridized carbons (Fsp3) is 0.292. The third kappa shape index (κ3) is 4.16. The number of thioether (sulfide) groups is 1. The number of ether oxygens (including phenoxy) is 3. The van der Waals surface area contributed by atoms with Gasteiger partial charge in [-0.25, -0.2) is 0 Å². The van der Waals surface area contributed by atoms with Crippen LogP contribution in [0.2, 0.25) is 0 Å². The Bertz CT molecular complexity index is 1160. The van der Waals surface area contributed by atoms with Crippen molar-refractivity contribution in [2.45, 2.75) is 0 Å². The highest BCUT2D eigenvalue weighted by atomic mass is 32.2. The molecule has 0 aliphatic carbocycles. The van der Waals surface area contributed by atoms with Crippen molar-refractivity contribution >= 4 is 40.6 Å². The standard InChI is InChI=1S/C24H23N3O6S/c1-31-21-16(7-8-18-22(21)33-15-32-18)13-19-23(29)27(24(30)34-19)14-20(28)26-11-9-25(10-12-26)17-5-3-2-4-6-17/h2-8,13H,9-12,14-15H2,1H3. The molecule has 0 aromatic heterocycles. The summed E-state index contributed by atoms with van der Waals surface area (Å²) in [6, 6.07) is 13.5. The van der Waals surface area contributed by atoms with Crippen molar-refractivity contribution in [3.63, 3.8) is 0 Å². The second kappa shape index (κ2) is 9.30. The molecule has 0 saturated carbocycles. The van der Waals surface area contributed by atoms with Gasteiger partial charge in [0.15, 0.2) is 11.5 Å². The van der Waals surface area contributed by atoms with Crippen molar-refractivity contribution in [1.82, 2.24) is 9.80 Å². The highest BCUT2D eigenvalue weighted by molar-refractivity contribution is 8.18. The number of hydrogen-bond acceptors (Lipinski definition) is 8. The van der Waals surface area contributed by atoms with Crippen molar-refractivity contribution in [3.05, 3.63) is 52.9 Å². The molecule has 5 rings (SSSR count). The third-order valence-corrected chi connectivity index (χ3v) is 6.84. The molecule has 0 N–H and O–H groups in total. The zero-order chi connectivity index (χ0) is 23.7. The van der Waals surface area contributed by atoms with E-state index in [2.05, 4.69) is 4.90 Å². The molecule has 2 saturated heterocycles. The molecular formula is C24H23N3O6S. The number of piperazine rings is 1. The van der Waals surface area contributed by atoms with E-state index < -0.39 is 11.1 Å². The molecule has 0 bridgehead atoms. The van der Waals surface area contributed by atoms with Crippen LogP contribution in [-0.4, -0.2) is 73.5 Å². The van der Waals surface area contributed by atoms with E-state index in [0.29, 0.717) is 49.0 Å². The summed E-state index contributed by atoms with van der Waals surface area (Å²) in [5.74, 6) is 0.706. The van der Waals surface area contributed by atoms with Crippen LogP contribution < -0.4 is 19.1 Å². The van der Waals surface area contributed by atoms with Crippen LogP contribution in [0.15, 0.2) is 47.4 Å². The van der Waals surface area contributed by atoms with E-state index in [-0.39, 0.29) is 24.2 Å². The minimum absolute atomic E-state index is 0.0907. The smallest absolute Gasteiger partial charge is 0.294 e. The zero-order valence-corrected chi connectivity index (χ0v) is 19.4. The SMILES string of the molecule is COc1c(C=C2SC(=O)N(CC(=O)N3CCN(c4ccccc4)CC3)C2=O)ccc2c1OCO2. The van der Waals surface area contributed by atoms with E-state index in [9.17, 15) is 14.4 Å². The minimum atomic E-state index is -0.494. The van der Waals surface area contributed by atoms with E-state index in [0.717, 1.165) is 22.3 Å². The van der Waals surface area contributed by atoms with Crippen molar-refractivity contribution in [1.29, 1.82) is 0 Å². The molecule has 3 amide bonds. The summed E-state index contributed by atoms with van der Waals surface area (Å²) in [4.78, 5) is 43.5. The van der Waals surface area contributed by atoms with E-state index in [1.807, 2.05) is 30.3 Å². The van der Waals surface area contributed by atoms with Gasteiger partial charge in [0, 0.05) is 37.4 Å². The summed E-state index contributed by atoms with van der Waals surface area (Å²) in [7, 11) is 1.50. The van der Waals surface area contributed by atoms with Crippen LogP contribution in [-0.2, 0) is 9.59 Å². The maximum Gasteiger partial charge on any atom is 0.294 e. The van der Waals surface area contributed by atoms with Gasteiger partial charge in [-0.15, -0.1) is 0 Å². The van der Waals surface area contributed by atoms with Crippen molar-refractivity contribution < 1.29 is 28.6 Å². The molecule has 2 fully saturated rings. The van der Waals surface area contributed by atoms with Crippen molar-refractivity contribution in [2.75, 3.05) is 51.5 Å². The first kappa shape index (κ1) is 22.1. The quantitative estimate of drug-likeness (QED) is 0.603. The Morgan fingerprint density at radius 2 is 1.82 bits per heavy atom. The summed E-state index contributed by atoms with van der Waals surface area (Å²) in [5, 5.41) is -0.466. The van der Waals surface area contributed by atoms with E-state index in [4.69, 9.17) is 14.2 Å². The number of hydrogen-bond donors (Lipinski definition) is 0. The molecule has 34 heavy (non-hydrogen) atoms. The first-order chi connectivity index (χ1) is 16.5. The Hall–Kier alpha value is -3.66. The number of amides is 3. The van der Waals surface area contributed by atoms with Crippen LogP contribution in [0.4, 0.5) is 10.5 Å². The fourth-order valence-electron chi connectivity index (χ4n) is 4.15. The number of fused-ring (bicyclic) bond motifs is 1. The lowest BCUT2D eigenvalue weighted by molar-refractivity contribution is -0.136. The van der Waals surface area contributed by atoms with Crippen LogP contribution >= 0.6 is 11.8 Å². The molecule has 2 aromatic rings. The third-order valence-electron chi connectivity index (χ3n) is 5.94. The van der Waals surface area contributed by atoms with Crippen LogP contribution in [0.1, 0.15) is 5.56 Å². The van der Waals surface area contributed by atoms with E-state index in [1.165, 1.54) is 7.11 Å². The Morgan fingerprint density at radius 1 is 1.06 bits per heavy atom. The fourth-order valence-corrected chi connectivity index (χ4v) is 4.98.